The van der Waals surface area contributed by atoms with Crippen molar-refractivity contribution < 1.29 is 21.6 Å². The normalized spacial score (nSPS) is 22.4. The maximum atomic E-state index is 13.9. The number of rotatable bonds is 5. The molecule has 0 aliphatic carbocycles. The molecule has 1 aromatic carbocycles. The number of sulfone groups is 1. The summed E-state index contributed by atoms with van der Waals surface area (Å²) in [5, 5.41) is 3.02. The number of hydrogen-bond donors (Lipinski definition) is 1. The zero-order valence-electron chi connectivity index (χ0n) is 11.7. The summed E-state index contributed by atoms with van der Waals surface area (Å²) in [5.41, 5.74) is 0.0417. The lowest BCUT2D eigenvalue weighted by Crippen LogP contribution is -2.25. The molecule has 0 spiro atoms. The van der Waals surface area contributed by atoms with Crippen molar-refractivity contribution in [3.63, 3.8) is 0 Å². The maximum Gasteiger partial charge on any atom is 0.194 e. The maximum absolute atomic E-state index is 13.9. The highest BCUT2D eigenvalue weighted by Crippen LogP contribution is 2.31. The summed E-state index contributed by atoms with van der Waals surface area (Å²) < 4.78 is 63.2. The molecule has 2 unspecified atom stereocenters. The van der Waals surface area contributed by atoms with Gasteiger partial charge in [-0.25, -0.2) is 21.6 Å². The summed E-state index contributed by atoms with van der Waals surface area (Å²) in [4.78, 5) is 0. The highest BCUT2D eigenvalue weighted by atomic mass is 32.2. The zero-order valence-corrected chi connectivity index (χ0v) is 12.5. The van der Waals surface area contributed by atoms with Crippen molar-refractivity contribution in [2.24, 2.45) is 5.92 Å². The standard InChI is InChI=1S/C14H18F3NO2S/c1-2-18-12(7-9-5-6-21(19,20)8-9)10-3-4-11(15)14(17)13(10)16/h3-4,9,12,18H,2,5-8H2,1H3. The van der Waals surface area contributed by atoms with Crippen LogP contribution in [0.1, 0.15) is 31.4 Å². The van der Waals surface area contributed by atoms with E-state index in [2.05, 4.69) is 5.32 Å². The van der Waals surface area contributed by atoms with Crippen LogP contribution >= 0.6 is 0 Å². The Morgan fingerprint density at radius 3 is 2.57 bits per heavy atom. The van der Waals surface area contributed by atoms with Crippen LogP contribution in [0.3, 0.4) is 0 Å². The Morgan fingerprint density at radius 1 is 1.29 bits per heavy atom. The van der Waals surface area contributed by atoms with Gasteiger partial charge < -0.3 is 5.32 Å². The first-order valence-electron chi connectivity index (χ1n) is 6.91. The van der Waals surface area contributed by atoms with E-state index in [0.717, 1.165) is 6.07 Å². The molecule has 1 N–H and O–H groups in total. The molecule has 1 aliphatic rings. The van der Waals surface area contributed by atoms with Gasteiger partial charge in [0.15, 0.2) is 27.3 Å². The lowest BCUT2D eigenvalue weighted by molar-refractivity contribution is 0.389. The van der Waals surface area contributed by atoms with E-state index in [0.29, 0.717) is 19.4 Å². The molecule has 3 nitrogen and oxygen atoms in total. The Kier molecular flexibility index (Phi) is 4.93. The van der Waals surface area contributed by atoms with E-state index in [1.807, 2.05) is 6.92 Å². The van der Waals surface area contributed by atoms with Crippen LogP contribution in [0.4, 0.5) is 13.2 Å². The van der Waals surface area contributed by atoms with Gasteiger partial charge in [-0.05, 0) is 31.4 Å². The second-order valence-electron chi connectivity index (χ2n) is 5.38. The molecule has 0 amide bonds. The number of benzene rings is 1. The van der Waals surface area contributed by atoms with E-state index in [9.17, 15) is 21.6 Å². The average molecular weight is 321 g/mol. The summed E-state index contributed by atoms with van der Waals surface area (Å²) in [6.45, 7) is 2.33. The lowest BCUT2D eigenvalue weighted by Gasteiger charge is -2.22. The third kappa shape index (κ3) is 3.77. The molecule has 2 atom stereocenters. The molecule has 1 heterocycles. The fraction of sp³-hybridized carbons (Fsp3) is 0.571. The summed E-state index contributed by atoms with van der Waals surface area (Å²) in [6, 6.07) is 1.58. The van der Waals surface area contributed by atoms with Gasteiger partial charge >= 0.3 is 0 Å². The SMILES string of the molecule is CCNC(CC1CCS(=O)(=O)C1)c1ccc(F)c(F)c1F. The van der Waals surface area contributed by atoms with Crippen LogP contribution in [0.5, 0.6) is 0 Å². The molecule has 2 rings (SSSR count). The van der Waals surface area contributed by atoms with Crippen LogP contribution in [0.15, 0.2) is 12.1 Å². The fourth-order valence-electron chi connectivity index (χ4n) is 2.77. The molecular weight excluding hydrogens is 303 g/mol. The minimum absolute atomic E-state index is 0.0417. The van der Waals surface area contributed by atoms with Gasteiger partial charge in [-0.1, -0.05) is 13.0 Å². The monoisotopic (exact) mass is 321 g/mol. The number of nitrogens with one attached hydrogen (secondary N) is 1. The van der Waals surface area contributed by atoms with Crippen molar-refractivity contribution >= 4 is 9.84 Å². The largest absolute Gasteiger partial charge is 0.310 e. The van der Waals surface area contributed by atoms with Crippen LogP contribution in [0, 0.1) is 23.4 Å². The quantitative estimate of drug-likeness (QED) is 0.848. The Labute approximate surface area is 122 Å². The molecule has 1 aromatic rings. The molecule has 0 saturated carbocycles. The first-order valence-corrected chi connectivity index (χ1v) is 8.73. The van der Waals surface area contributed by atoms with Crippen LogP contribution in [0.2, 0.25) is 0 Å². The van der Waals surface area contributed by atoms with E-state index in [-0.39, 0.29) is 23.0 Å². The van der Waals surface area contributed by atoms with Crippen molar-refractivity contribution in [1.82, 2.24) is 5.32 Å². The van der Waals surface area contributed by atoms with Crippen molar-refractivity contribution in [3.05, 3.63) is 35.1 Å². The van der Waals surface area contributed by atoms with Gasteiger partial charge in [0.1, 0.15) is 0 Å². The molecule has 0 radical (unpaired) electrons. The van der Waals surface area contributed by atoms with Crippen molar-refractivity contribution in [1.29, 1.82) is 0 Å². The van der Waals surface area contributed by atoms with E-state index in [1.54, 1.807) is 0 Å². The molecule has 1 aliphatic heterocycles. The Bertz CT molecular complexity index is 619. The van der Waals surface area contributed by atoms with Gasteiger partial charge in [0.25, 0.3) is 0 Å². The van der Waals surface area contributed by atoms with Gasteiger partial charge in [0.2, 0.25) is 0 Å². The highest BCUT2D eigenvalue weighted by Gasteiger charge is 2.31. The van der Waals surface area contributed by atoms with Crippen molar-refractivity contribution in [2.45, 2.75) is 25.8 Å². The predicted octanol–water partition coefficient (Wildman–Crippen LogP) is 2.58. The van der Waals surface area contributed by atoms with E-state index in [4.69, 9.17) is 0 Å². The van der Waals surface area contributed by atoms with Crippen molar-refractivity contribution in [3.8, 4) is 0 Å². The Hall–Kier alpha value is -1.08. The fourth-order valence-corrected chi connectivity index (χ4v) is 4.65. The second kappa shape index (κ2) is 6.36. The van der Waals surface area contributed by atoms with Crippen LogP contribution in [-0.4, -0.2) is 26.5 Å². The summed E-state index contributed by atoms with van der Waals surface area (Å²) >= 11 is 0. The van der Waals surface area contributed by atoms with Gasteiger partial charge in [-0.2, -0.15) is 0 Å². The molecule has 0 bridgehead atoms. The second-order valence-corrected chi connectivity index (χ2v) is 7.61. The molecular formula is C14H18F3NO2S. The first-order chi connectivity index (χ1) is 9.84. The summed E-state index contributed by atoms with van der Waals surface area (Å²) in [5.74, 6) is -3.81. The minimum atomic E-state index is -3.02. The van der Waals surface area contributed by atoms with Crippen LogP contribution in [-0.2, 0) is 9.84 Å². The van der Waals surface area contributed by atoms with Gasteiger partial charge in [-0.15, -0.1) is 0 Å². The molecule has 1 saturated heterocycles. The van der Waals surface area contributed by atoms with Gasteiger partial charge in [0.05, 0.1) is 11.5 Å². The Balaban J connectivity index is 2.21. The van der Waals surface area contributed by atoms with Crippen LogP contribution < -0.4 is 5.32 Å². The highest BCUT2D eigenvalue weighted by molar-refractivity contribution is 7.91. The Morgan fingerprint density at radius 2 is 2.00 bits per heavy atom. The van der Waals surface area contributed by atoms with E-state index in [1.165, 1.54) is 6.07 Å². The van der Waals surface area contributed by atoms with E-state index >= 15 is 0 Å². The number of halogens is 3. The average Bonchev–Trinajstić information content (AvgIpc) is 2.75. The topological polar surface area (TPSA) is 46.2 Å². The molecule has 1 fully saturated rings. The smallest absolute Gasteiger partial charge is 0.194 e. The minimum Gasteiger partial charge on any atom is -0.310 e. The molecule has 21 heavy (non-hydrogen) atoms. The van der Waals surface area contributed by atoms with Gasteiger partial charge in [-0.3, -0.25) is 0 Å². The summed E-state index contributed by atoms with van der Waals surface area (Å²) in [6.07, 6.45) is 0.907. The zero-order chi connectivity index (χ0) is 15.6. The van der Waals surface area contributed by atoms with Crippen molar-refractivity contribution in [2.75, 3.05) is 18.1 Å². The molecule has 7 heteroatoms. The van der Waals surface area contributed by atoms with E-state index < -0.39 is 33.3 Å². The molecule has 118 valence electrons. The third-order valence-corrected chi connectivity index (χ3v) is 5.62. The van der Waals surface area contributed by atoms with Gasteiger partial charge in [0, 0.05) is 11.6 Å². The number of hydrogen-bond acceptors (Lipinski definition) is 3. The lowest BCUT2D eigenvalue weighted by atomic mass is 9.93. The van der Waals surface area contributed by atoms with Crippen LogP contribution in [0.25, 0.3) is 0 Å². The summed E-state index contributed by atoms with van der Waals surface area (Å²) in [7, 11) is -3.02. The third-order valence-electron chi connectivity index (χ3n) is 3.79. The molecule has 0 aromatic heterocycles. The first kappa shape index (κ1) is 16.3. The predicted molar refractivity (Wildman–Crippen MR) is 74.1 cm³/mol.